The highest BCUT2D eigenvalue weighted by molar-refractivity contribution is 6.21. The van der Waals surface area contributed by atoms with E-state index in [0.717, 1.165) is 0 Å². The summed E-state index contributed by atoms with van der Waals surface area (Å²) in [7, 11) is 0. The first-order chi connectivity index (χ1) is 20.3. The third-order valence-electron chi connectivity index (χ3n) is 9.39. The van der Waals surface area contributed by atoms with Crippen molar-refractivity contribution in [2.75, 3.05) is 0 Å². The fraction of sp³-hybridized carbons (Fsp3) is 0.850. The molecule has 0 radical (unpaired) electrons. The Kier molecular flexibility index (Phi) is 29.1. The minimum atomic E-state index is 0.181. The average Bonchev–Trinajstić information content (AvgIpc) is 3.00. The van der Waals surface area contributed by atoms with Gasteiger partial charge in [-0.1, -0.05) is 224 Å². The Labute approximate surface area is 264 Å². The summed E-state index contributed by atoms with van der Waals surface area (Å²) in [5.74, 6) is 0.633. The van der Waals surface area contributed by atoms with Crippen molar-refractivity contribution in [3.63, 3.8) is 0 Å². The van der Waals surface area contributed by atoms with Crippen LogP contribution in [0, 0.1) is 5.92 Å². The van der Waals surface area contributed by atoms with Gasteiger partial charge in [-0.3, -0.25) is 0 Å². The van der Waals surface area contributed by atoms with E-state index in [-0.39, 0.29) is 5.38 Å². The van der Waals surface area contributed by atoms with Gasteiger partial charge in [-0.2, -0.15) is 0 Å². The van der Waals surface area contributed by atoms with Gasteiger partial charge in [0.1, 0.15) is 0 Å². The normalized spacial score (nSPS) is 12.4. The van der Waals surface area contributed by atoms with Crippen molar-refractivity contribution in [2.24, 2.45) is 5.92 Å². The molecule has 0 bridgehead atoms. The molecule has 1 unspecified atom stereocenters. The van der Waals surface area contributed by atoms with E-state index in [1.54, 1.807) is 0 Å². The van der Waals surface area contributed by atoms with Crippen LogP contribution < -0.4 is 0 Å². The summed E-state index contributed by atoms with van der Waals surface area (Å²) in [6.07, 6.45) is 42.7. The predicted molar refractivity (Wildman–Crippen MR) is 188 cm³/mol. The minimum absolute atomic E-state index is 0.181. The Morgan fingerprint density at radius 3 is 0.951 bits per heavy atom. The summed E-state index contributed by atoms with van der Waals surface area (Å²) >= 11 is 7.09. The lowest BCUT2D eigenvalue weighted by atomic mass is 9.88. The van der Waals surface area contributed by atoms with Crippen LogP contribution in [0.25, 0.3) is 0 Å². The first-order valence-electron chi connectivity index (χ1n) is 19.0. The van der Waals surface area contributed by atoms with Crippen molar-refractivity contribution in [1.29, 1.82) is 0 Å². The van der Waals surface area contributed by atoms with Crippen LogP contribution in [-0.4, -0.2) is 0 Å². The second-order valence-corrected chi connectivity index (χ2v) is 13.8. The first-order valence-corrected chi connectivity index (χ1v) is 19.4. The monoisotopic (exact) mass is 589 g/mol. The van der Waals surface area contributed by atoms with E-state index in [1.807, 2.05) is 0 Å². The number of alkyl halides is 1. The quantitative estimate of drug-likeness (QED) is 0.0579. The lowest BCUT2D eigenvalue weighted by molar-refractivity contribution is 0.390. The Balaban J connectivity index is 2.09. The molecule has 0 aliphatic heterocycles. The highest BCUT2D eigenvalue weighted by Gasteiger charge is 2.20. The molecule has 0 aliphatic rings. The number of rotatable bonds is 32. The van der Waals surface area contributed by atoms with Gasteiger partial charge in [0.2, 0.25) is 0 Å². The standard InChI is InChI=1S/C40H73Cl/c1-3-5-7-9-11-13-15-17-19-21-23-25-27-30-34-38(40(41)39-36-32-29-33-37-39)35-31-28-26-24-22-20-18-16-14-12-10-8-6-4-2/h29,32-33,36-38,40H,3-28,30-31,34-35H2,1-2H3. The van der Waals surface area contributed by atoms with Crippen molar-refractivity contribution < 1.29 is 0 Å². The van der Waals surface area contributed by atoms with Crippen LogP contribution in [0.2, 0.25) is 0 Å². The average molecular weight is 589 g/mol. The minimum Gasteiger partial charge on any atom is -0.118 e. The molecule has 0 amide bonds. The lowest BCUT2D eigenvalue weighted by Crippen LogP contribution is -2.09. The Hall–Kier alpha value is -0.490. The molecule has 41 heavy (non-hydrogen) atoms. The summed E-state index contributed by atoms with van der Waals surface area (Å²) in [6, 6.07) is 10.9. The highest BCUT2D eigenvalue weighted by atomic mass is 35.5. The van der Waals surface area contributed by atoms with Crippen molar-refractivity contribution in [2.45, 2.75) is 212 Å². The van der Waals surface area contributed by atoms with Crippen LogP contribution in [0.15, 0.2) is 30.3 Å². The number of unbranched alkanes of at least 4 members (excludes halogenated alkanes) is 26. The zero-order chi connectivity index (χ0) is 29.5. The fourth-order valence-corrected chi connectivity index (χ4v) is 6.95. The summed E-state index contributed by atoms with van der Waals surface area (Å²) in [4.78, 5) is 0. The van der Waals surface area contributed by atoms with Crippen LogP contribution in [-0.2, 0) is 0 Å². The first kappa shape index (κ1) is 38.5. The largest absolute Gasteiger partial charge is 0.118 e. The fourth-order valence-electron chi connectivity index (χ4n) is 6.55. The molecule has 0 nitrogen and oxygen atoms in total. The van der Waals surface area contributed by atoms with E-state index in [4.69, 9.17) is 11.6 Å². The van der Waals surface area contributed by atoms with Gasteiger partial charge < -0.3 is 0 Å². The molecular formula is C40H73Cl. The molecule has 0 aliphatic carbocycles. The molecule has 0 aromatic heterocycles. The van der Waals surface area contributed by atoms with E-state index in [1.165, 1.54) is 198 Å². The maximum Gasteiger partial charge on any atom is 0.0613 e. The van der Waals surface area contributed by atoms with Crippen LogP contribution in [0.4, 0.5) is 0 Å². The lowest BCUT2D eigenvalue weighted by Gasteiger charge is -2.23. The van der Waals surface area contributed by atoms with Gasteiger partial charge in [0.15, 0.2) is 0 Å². The van der Waals surface area contributed by atoms with Crippen LogP contribution >= 0.6 is 11.6 Å². The third-order valence-corrected chi connectivity index (χ3v) is 10.00. The number of benzene rings is 1. The molecular weight excluding hydrogens is 516 g/mol. The second-order valence-electron chi connectivity index (χ2n) is 13.3. The highest BCUT2D eigenvalue weighted by Crippen LogP contribution is 2.36. The van der Waals surface area contributed by atoms with E-state index in [0.29, 0.717) is 5.92 Å². The molecule has 0 spiro atoms. The third kappa shape index (κ3) is 24.6. The maximum absolute atomic E-state index is 7.09. The van der Waals surface area contributed by atoms with Gasteiger partial charge >= 0.3 is 0 Å². The van der Waals surface area contributed by atoms with Gasteiger partial charge in [-0.25, -0.2) is 0 Å². The molecule has 1 aromatic carbocycles. The molecule has 0 N–H and O–H groups in total. The predicted octanol–water partition coefficient (Wildman–Crippen LogP) is 15.3. The maximum atomic E-state index is 7.09. The van der Waals surface area contributed by atoms with Crippen molar-refractivity contribution in [3.05, 3.63) is 35.9 Å². The van der Waals surface area contributed by atoms with Crippen molar-refractivity contribution >= 4 is 11.6 Å². The molecule has 1 aromatic rings. The molecule has 1 heteroatoms. The molecule has 1 atom stereocenters. The van der Waals surface area contributed by atoms with Crippen molar-refractivity contribution in [1.82, 2.24) is 0 Å². The second kappa shape index (κ2) is 31.0. The van der Waals surface area contributed by atoms with Crippen LogP contribution in [0.1, 0.15) is 217 Å². The van der Waals surface area contributed by atoms with E-state index in [9.17, 15) is 0 Å². The zero-order valence-corrected chi connectivity index (χ0v) is 28.9. The number of halogens is 1. The number of hydrogen-bond donors (Lipinski definition) is 0. The van der Waals surface area contributed by atoms with Crippen molar-refractivity contribution in [3.8, 4) is 0 Å². The molecule has 1 rings (SSSR count). The zero-order valence-electron chi connectivity index (χ0n) is 28.1. The Morgan fingerprint density at radius 2 is 0.659 bits per heavy atom. The van der Waals surface area contributed by atoms with Gasteiger partial charge in [0.25, 0.3) is 0 Å². The molecule has 0 heterocycles. The van der Waals surface area contributed by atoms with Gasteiger partial charge in [0.05, 0.1) is 5.38 Å². The van der Waals surface area contributed by atoms with Gasteiger partial charge in [0, 0.05) is 0 Å². The molecule has 0 fully saturated rings. The summed E-state index contributed by atoms with van der Waals surface area (Å²) in [5, 5.41) is 0.181. The van der Waals surface area contributed by atoms with E-state index in [2.05, 4.69) is 44.2 Å². The summed E-state index contributed by atoms with van der Waals surface area (Å²) < 4.78 is 0. The van der Waals surface area contributed by atoms with Crippen LogP contribution in [0.3, 0.4) is 0 Å². The number of hydrogen-bond acceptors (Lipinski definition) is 0. The molecule has 240 valence electrons. The van der Waals surface area contributed by atoms with Gasteiger partial charge in [-0.15, -0.1) is 11.6 Å². The Morgan fingerprint density at radius 1 is 0.390 bits per heavy atom. The van der Waals surface area contributed by atoms with E-state index >= 15 is 0 Å². The molecule has 0 saturated heterocycles. The summed E-state index contributed by atoms with van der Waals surface area (Å²) in [5.41, 5.74) is 1.33. The van der Waals surface area contributed by atoms with Gasteiger partial charge in [-0.05, 0) is 24.3 Å². The van der Waals surface area contributed by atoms with Crippen LogP contribution in [0.5, 0.6) is 0 Å². The molecule has 0 saturated carbocycles. The Bertz CT molecular complexity index is 579. The SMILES string of the molecule is CCCCCCCCCCCCCCCCC(CCCCCCCCCCCCCCCC)C(Cl)c1ccccc1. The smallest absolute Gasteiger partial charge is 0.0613 e. The van der Waals surface area contributed by atoms with E-state index < -0.39 is 0 Å². The summed E-state index contributed by atoms with van der Waals surface area (Å²) in [6.45, 7) is 4.61. The topological polar surface area (TPSA) is 0 Å².